The number of halogens is 1. The molecule has 0 saturated heterocycles. The van der Waals surface area contributed by atoms with Crippen LogP contribution in [0.5, 0.6) is 17.2 Å². The third-order valence-corrected chi connectivity index (χ3v) is 7.69. The first-order valence-electron chi connectivity index (χ1n) is 12.2. The number of aromatic nitrogens is 1. The molecule has 38 heavy (non-hydrogen) atoms. The smallest absolute Gasteiger partial charge is 0.242 e. The minimum absolute atomic E-state index is 0.0699. The Labute approximate surface area is 224 Å². The van der Waals surface area contributed by atoms with Gasteiger partial charge in [0.05, 0.1) is 14.2 Å². The molecule has 3 unspecified atom stereocenters. The highest BCUT2D eigenvalue weighted by Gasteiger charge is 2.60. The van der Waals surface area contributed by atoms with Crippen molar-refractivity contribution in [3.8, 4) is 17.2 Å². The highest BCUT2D eigenvalue weighted by Crippen LogP contribution is 2.52. The van der Waals surface area contributed by atoms with Crippen molar-refractivity contribution in [2.75, 3.05) is 21.3 Å². The molecule has 1 aromatic heterocycles. The number of ketones is 2. The Balaban J connectivity index is 1.45. The molecule has 1 spiro atoms. The van der Waals surface area contributed by atoms with E-state index in [1.165, 1.54) is 26.4 Å². The lowest BCUT2D eigenvalue weighted by Crippen LogP contribution is -2.56. The Bertz CT molecular complexity index is 1500. The molecule has 0 saturated carbocycles. The number of allylic oxidation sites excluding steroid dienone is 1. The third kappa shape index (κ3) is 3.89. The number of fused-ring (bicyclic) bond motifs is 2. The molecule has 1 amide bonds. The summed E-state index contributed by atoms with van der Waals surface area (Å²) < 4.78 is 16.8. The molecular weight excluding hydrogens is 510 g/mol. The fraction of sp³-hybridized carbons (Fsp3) is 0.321. The molecule has 3 aromatic rings. The lowest BCUT2D eigenvalue weighted by molar-refractivity contribution is -0.129. The standard InChI is InChI=1S/C28H28ClN3O6/c1-14-9-16(32-19(27(35)30-2)10-15-13-31-18-8-6-5-7-17(15)18)11-22(33)28(14)26(34)23-20(36-3)12-21(37-4)24(29)25(23)38-28/h5-8,11-14,19,31-32H,9-10H2,1-4H3,(H,30,35). The first-order chi connectivity index (χ1) is 18.2. The molecule has 2 heterocycles. The van der Waals surface area contributed by atoms with Crippen LogP contribution >= 0.6 is 11.6 Å². The predicted molar refractivity (Wildman–Crippen MR) is 142 cm³/mol. The molecule has 1 aliphatic heterocycles. The number of carbonyl (C=O) groups is 3. The number of ether oxygens (including phenoxy) is 3. The van der Waals surface area contributed by atoms with Crippen LogP contribution in [-0.4, -0.2) is 55.4 Å². The van der Waals surface area contributed by atoms with Crippen molar-refractivity contribution in [2.45, 2.75) is 31.4 Å². The van der Waals surface area contributed by atoms with Gasteiger partial charge in [0, 0.05) is 54.3 Å². The van der Waals surface area contributed by atoms with Crippen LogP contribution in [0.4, 0.5) is 0 Å². The number of amides is 1. The molecule has 9 nitrogen and oxygen atoms in total. The summed E-state index contributed by atoms with van der Waals surface area (Å²) in [4.78, 5) is 43.4. The van der Waals surface area contributed by atoms with E-state index in [1.54, 1.807) is 14.0 Å². The number of nitrogens with one attached hydrogen (secondary N) is 3. The van der Waals surface area contributed by atoms with E-state index in [9.17, 15) is 14.4 Å². The fourth-order valence-corrected chi connectivity index (χ4v) is 5.62. The molecule has 10 heteroatoms. The Morgan fingerprint density at radius 1 is 1.24 bits per heavy atom. The van der Waals surface area contributed by atoms with E-state index in [0.29, 0.717) is 18.5 Å². The zero-order valence-electron chi connectivity index (χ0n) is 21.4. The number of carbonyl (C=O) groups excluding carboxylic acids is 3. The largest absolute Gasteiger partial charge is 0.496 e. The van der Waals surface area contributed by atoms with E-state index in [0.717, 1.165) is 16.5 Å². The minimum atomic E-state index is -1.78. The van der Waals surface area contributed by atoms with Crippen molar-refractivity contribution in [3.63, 3.8) is 0 Å². The molecule has 3 atom stereocenters. The van der Waals surface area contributed by atoms with Crippen LogP contribution in [0, 0.1) is 5.92 Å². The third-order valence-electron chi connectivity index (χ3n) is 7.33. The fourth-order valence-electron chi connectivity index (χ4n) is 5.36. The molecule has 1 aliphatic carbocycles. The van der Waals surface area contributed by atoms with Crippen LogP contribution in [0.15, 0.2) is 48.3 Å². The van der Waals surface area contributed by atoms with Crippen LogP contribution < -0.4 is 24.8 Å². The average Bonchev–Trinajstić information content (AvgIpc) is 3.47. The van der Waals surface area contributed by atoms with Crippen molar-refractivity contribution in [2.24, 2.45) is 5.92 Å². The quantitative estimate of drug-likeness (QED) is 0.394. The van der Waals surface area contributed by atoms with Gasteiger partial charge >= 0.3 is 0 Å². The summed E-state index contributed by atoms with van der Waals surface area (Å²) in [6.07, 6.45) is 3.92. The molecule has 0 bridgehead atoms. The molecule has 5 rings (SSSR count). The number of Topliss-reactive ketones (excluding diaryl/α,β-unsaturated/α-hetero) is 1. The maximum Gasteiger partial charge on any atom is 0.242 e. The van der Waals surface area contributed by atoms with Gasteiger partial charge in [0.25, 0.3) is 0 Å². The van der Waals surface area contributed by atoms with E-state index in [4.69, 9.17) is 25.8 Å². The summed E-state index contributed by atoms with van der Waals surface area (Å²) in [6.45, 7) is 1.77. The van der Waals surface area contributed by atoms with Crippen LogP contribution in [0.3, 0.4) is 0 Å². The number of hydrogen-bond donors (Lipinski definition) is 3. The van der Waals surface area contributed by atoms with E-state index < -0.39 is 29.1 Å². The predicted octanol–water partition coefficient (Wildman–Crippen LogP) is 3.59. The van der Waals surface area contributed by atoms with Gasteiger partial charge in [-0.3, -0.25) is 14.4 Å². The summed E-state index contributed by atoms with van der Waals surface area (Å²) in [5.74, 6) is -1.27. The van der Waals surface area contributed by atoms with Gasteiger partial charge in [-0.1, -0.05) is 36.7 Å². The number of benzene rings is 2. The topological polar surface area (TPSA) is 119 Å². The van der Waals surface area contributed by atoms with Crippen LogP contribution in [0.2, 0.25) is 5.02 Å². The summed E-state index contributed by atoms with van der Waals surface area (Å²) in [6, 6.07) is 8.70. The van der Waals surface area contributed by atoms with Gasteiger partial charge in [-0.15, -0.1) is 0 Å². The van der Waals surface area contributed by atoms with Gasteiger partial charge in [0.2, 0.25) is 23.1 Å². The average molecular weight is 538 g/mol. The van der Waals surface area contributed by atoms with E-state index in [-0.39, 0.29) is 33.7 Å². The van der Waals surface area contributed by atoms with Gasteiger partial charge < -0.3 is 29.8 Å². The highest BCUT2D eigenvalue weighted by atomic mass is 35.5. The number of para-hydroxylation sites is 1. The Morgan fingerprint density at radius 3 is 2.66 bits per heavy atom. The number of H-pyrrole nitrogens is 1. The summed E-state index contributed by atoms with van der Waals surface area (Å²) in [7, 11) is 4.42. The summed E-state index contributed by atoms with van der Waals surface area (Å²) in [5.41, 5.74) is 0.823. The monoisotopic (exact) mass is 537 g/mol. The summed E-state index contributed by atoms with van der Waals surface area (Å²) >= 11 is 6.46. The second-order valence-electron chi connectivity index (χ2n) is 9.48. The Kier molecular flexibility index (Phi) is 6.56. The van der Waals surface area contributed by atoms with Crippen molar-refractivity contribution >= 4 is 40.0 Å². The van der Waals surface area contributed by atoms with Crippen LogP contribution in [0.1, 0.15) is 29.3 Å². The molecule has 198 valence electrons. The van der Waals surface area contributed by atoms with E-state index in [2.05, 4.69) is 15.6 Å². The van der Waals surface area contributed by atoms with Crippen molar-refractivity contribution < 1.29 is 28.6 Å². The number of rotatable bonds is 7. The zero-order chi connectivity index (χ0) is 27.2. The number of likely N-dealkylation sites (N-methyl/N-ethyl adjacent to an activating group) is 1. The molecule has 0 radical (unpaired) electrons. The summed E-state index contributed by atoms with van der Waals surface area (Å²) in [5, 5.41) is 7.05. The van der Waals surface area contributed by atoms with Crippen LogP contribution in [-0.2, 0) is 16.0 Å². The van der Waals surface area contributed by atoms with Crippen molar-refractivity contribution in [1.29, 1.82) is 0 Å². The minimum Gasteiger partial charge on any atom is -0.496 e. The molecule has 2 aromatic carbocycles. The Hall–Kier alpha value is -3.98. The number of methoxy groups -OCH3 is 2. The Morgan fingerprint density at radius 2 is 1.97 bits per heavy atom. The maximum atomic E-state index is 13.7. The maximum absolute atomic E-state index is 13.7. The first kappa shape index (κ1) is 25.7. The molecule has 2 aliphatic rings. The van der Waals surface area contributed by atoms with Gasteiger partial charge in [0.1, 0.15) is 28.1 Å². The van der Waals surface area contributed by atoms with Crippen molar-refractivity contribution in [3.05, 3.63) is 64.5 Å². The molecule has 0 fully saturated rings. The van der Waals surface area contributed by atoms with Gasteiger partial charge in [0.15, 0.2) is 5.75 Å². The van der Waals surface area contributed by atoms with Gasteiger partial charge in [-0.25, -0.2) is 0 Å². The van der Waals surface area contributed by atoms with Crippen molar-refractivity contribution in [1.82, 2.24) is 15.6 Å². The van der Waals surface area contributed by atoms with Crippen LogP contribution in [0.25, 0.3) is 10.9 Å². The normalized spacial score (nSPS) is 21.1. The van der Waals surface area contributed by atoms with E-state index >= 15 is 0 Å². The molecular formula is C28H28ClN3O6. The second kappa shape index (κ2) is 9.72. The first-order valence-corrected chi connectivity index (χ1v) is 12.6. The number of aromatic amines is 1. The lowest BCUT2D eigenvalue weighted by atomic mass is 9.74. The van der Waals surface area contributed by atoms with E-state index in [1.807, 2.05) is 30.5 Å². The number of hydrogen-bond acceptors (Lipinski definition) is 7. The SMILES string of the molecule is CNC(=O)C(Cc1c[nH]c2ccccc12)NC1=CC(=O)C2(Oc3c(Cl)c(OC)cc(OC)c3C2=O)C(C)C1. The molecule has 3 N–H and O–H groups in total. The highest BCUT2D eigenvalue weighted by molar-refractivity contribution is 6.36. The zero-order valence-corrected chi connectivity index (χ0v) is 22.2. The lowest BCUT2D eigenvalue weighted by Gasteiger charge is -2.36. The van der Waals surface area contributed by atoms with Gasteiger partial charge in [-0.05, 0) is 18.1 Å². The van der Waals surface area contributed by atoms with Gasteiger partial charge in [-0.2, -0.15) is 0 Å². The second-order valence-corrected chi connectivity index (χ2v) is 9.86.